The van der Waals surface area contributed by atoms with E-state index in [2.05, 4.69) is 19.3 Å². The van der Waals surface area contributed by atoms with Gasteiger partial charge in [0.15, 0.2) is 0 Å². The summed E-state index contributed by atoms with van der Waals surface area (Å²) in [6, 6.07) is 3.46. The highest BCUT2D eigenvalue weighted by atomic mass is 19.1. The van der Waals surface area contributed by atoms with Crippen LogP contribution in [0.25, 0.3) is 0 Å². The summed E-state index contributed by atoms with van der Waals surface area (Å²) < 4.78 is 27.6. The van der Waals surface area contributed by atoms with Crippen LogP contribution >= 0.6 is 0 Å². The van der Waals surface area contributed by atoms with Crippen molar-refractivity contribution in [3.05, 3.63) is 35.4 Å². The molecule has 0 saturated carbocycles. The highest BCUT2D eigenvalue weighted by molar-refractivity contribution is 5.24. The van der Waals surface area contributed by atoms with Crippen LogP contribution in [0.1, 0.15) is 51.1 Å². The van der Waals surface area contributed by atoms with E-state index in [1.54, 1.807) is 0 Å². The summed E-state index contributed by atoms with van der Waals surface area (Å²) in [5, 5.41) is 0. The van der Waals surface area contributed by atoms with Gasteiger partial charge in [0, 0.05) is 5.56 Å². The first kappa shape index (κ1) is 15.1. The molecule has 0 heterocycles. The Morgan fingerprint density at radius 2 is 1.61 bits per heavy atom. The fourth-order valence-electron chi connectivity index (χ4n) is 2.48. The van der Waals surface area contributed by atoms with Gasteiger partial charge in [-0.2, -0.15) is 0 Å². The van der Waals surface area contributed by atoms with E-state index in [-0.39, 0.29) is 11.5 Å². The number of hydrogen-bond acceptors (Lipinski definition) is 2. The van der Waals surface area contributed by atoms with Crippen LogP contribution in [-0.4, -0.2) is 0 Å². The second kappa shape index (κ2) is 7.44. The lowest BCUT2D eigenvalue weighted by molar-refractivity contribution is 0.303. The second-order valence-electron chi connectivity index (χ2n) is 4.62. The van der Waals surface area contributed by atoms with Gasteiger partial charge in [-0.25, -0.2) is 8.78 Å². The molecule has 0 aromatic heterocycles. The Labute approximate surface area is 108 Å². The number of nitrogens with two attached hydrogens (primary N) is 1. The molecule has 1 aromatic rings. The Morgan fingerprint density at radius 3 is 2.00 bits per heavy atom. The molecular weight excluding hydrogens is 234 g/mol. The monoisotopic (exact) mass is 256 g/mol. The summed E-state index contributed by atoms with van der Waals surface area (Å²) in [5.41, 5.74) is 2.65. The van der Waals surface area contributed by atoms with Crippen molar-refractivity contribution in [2.75, 3.05) is 0 Å². The van der Waals surface area contributed by atoms with Crippen LogP contribution in [0.2, 0.25) is 0 Å². The molecule has 1 rings (SSSR count). The average Bonchev–Trinajstić information content (AvgIpc) is 2.34. The lowest BCUT2D eigenvalue weighted by Crippen LogP contribution is -2.35. The Bertz CT molecular complexity index is 343. The van der Waals surface area contributed by atoms with Crippen molar-refractivity contribution in [1.29, 1.82) is 0 Å². The molecule has 0 aliphatic heterocycles. The molecule has 0 aliphatic carbocycles. The maximum atomic E-state index is 13.8. The maximum Gasteiger partial charge on any atom is 0.130 e. The van der Waals surface area contributed by atoms with Gasteiger partial charge in [0.1, 0.15) is 11.6 Å². The molecule has 1 unspecified atom stereocenters. The summed E-state index contributed by atoms with van der Waals surface area (Å²) >= 11 is 0. The fraction of sp³-hybridized carbons (Fsp3) is 0.571. The predicted octanol–water partition coefficient (Wildman–Crippen LogP) is 3.69. The van der Waals surface area contributed by atoms with Crippen molar-refractivity contribution in [3.8, 4) is 0 Å². The Morgan fingerprint density at radius 1 is 1.11 bits per heavy atom. The van der Waals surface area contributed by atoms with E-state index < -0.39 is 17.7 Å². The molecule has 0 radical (unpaired) electrons. The molecule has 1 atom stereocenters. The minimum Gasteiger partial charge on any atom is -0.271 e. The summed E-state index contributed by atoms with van der Waals surface area (Å²) in [6.45, 7) is 4.13. The van der Waals surface area contributed by atoms with E-state index in [9.17, 15) is 8.78 Å². The smallest absolute Gasteiger partial charge is 0.130 e. The third kappa shape index (κ3) is 3.50. The highest BCUT2D eigenvalue weighted by Gasteiger charge is 2.26. The van der Waals surface area contributed by atoms with E-state index in [4.69, 9.17) is 5.84 Å². The summed E-state index contributed by atoms with van der Waals surface area (Å²) in [6.07, 6.45) is 3.74. The van der Waals surface area contributed by atoms with Crippen molar-refractivity contribution in [1.82, 2.24) is 5.43 Å². The van der Waals surface area contributed by atoms with Gasteiger partial charge >= 0.3 is 0 Å². The molecule has 0 spiro atoms. The van der Waals surface area contributed by atoms with E-state index in [1.807, 2.05) is 0 Å². The van der Waals surface area contributed by atoms with Gasteiger partial charge in [-0.15, -0.1) is 0 Å². The van der Waals surface area contributed by atoms with Gasteiger partial charge < -0.3 is 0 Å². The lowest BCUT2D eigenvalue weighted by atomic mass is 9.86. The molecule has 18 heavy (non-hydrogen) atoms. The number of halogens is 2. The second-order valence-corrected chi connectivity index (χ2v) is 4.62. The standard InChI is InChI=1S/C14H22F2N2/c1-3-6-10(7-4-2)14(18-17)13-11(15)8-5-9-12(13)16/h5,8-10,14,18H,3-4,6-7,17H2,1-2H3. The maximum absolute atomic E-state index is 13.8. The zero-order valence-electron chi connectivity index (χ0n) is 11.0. The summed E-state index contributed by atoms with van der Waals surface area (Å²) in [4.78, 5) is 0. The van der Waals surface area contributed by atoms with Crippen molar-refractivity contribution in [3.63, 3.8) is 0 Å². The zero-order valence-corrected chi connectivity index (χ0v) is 11.0. The molecule has 102 valence electrons. The van der Waals surface area contributed by atoms with Crippen LogP contribution in [0.5, 0.6) is 0 Å². The van der Waals surface area contributed by atoms with Crippen molar-refractivity contribution in [2.24, 2.45) is 11.8 Å². The van der Waals surface area contributed by atoms with Crippen molar-refractivity contribution in [2.45, 2.75) is 45.6 Å². The van der Waals surface area contributed by atoms with Crippen LogP contribution in [0.4, 0.5) is 8.78 Å². The highest BCUT2D eigenvalue weighted by Crippen LogP contribution is 2.32. The molecule has 3 N–H and O–H groups in total. The molecule has 0 bridgehead atoms. The molecule has 0 saturated heterocycles. The molecule has 0 fully saturated rings. The summed E-state index contributed by atoms with van der Waals surface area (Å²) in [7, 11) is 0. The van der Waals surface area contributed by atoms with E-state index in [0.717, 1.165) is 25.7 Å². The number of nitrogens with one attached hydrogen (secondary N) is 1. The van der Waals surface area contributed by atoms with E-state index >= 15 is 0 Å². The normalized spacial score (nSPS) is 13.0. The molecule has 0 aliphatic rings. The third-order valence-electron chi connectivity index (χ3n) is 3.28. The lowest BCUT2D eigenvalue weighted by Gasteiger charge is -2.27. The molecule has 1 aromatic carbocycles. The van der Waals surface area contributed by atoms with Gasteiger partial charge in [0.2, 0.25) is 0 Å². The number of benzene rings is 1. The van der Waals surface area contributed by atoms with Gasteiger partial charge in [-0.1, -0.05) is 32.8 Å². The van der Waals surface area contributed by atoms with Gasteiger partial charge in [-0.05, 0) is 30.9 Å². The Hall–Kier alpha value is -1.00. The fourth-order valence-corrected chi connectivity index (χ4v) is 2.48. The van der Waals surface area contributed by atoms with Crippen LogP contribution < -0.4 is 11.3 Å². The van der Waals surface area contributed by atoms with Crippen molar-refractivity contribution < 1.29 is 8.78 Å². The minimum atomic E-state index is -0.532. The first-order chi connectivity index (χ1) is 8.65. The first-order valence-corrected chi connectivity index (χ1v) is 6.55. The van der Waals surface area contributed by atoms with Crippen LogP contribution in [-0.2, 0) is 0 Å². The molecule has 0 amide bonds. The number of hydrazine groups is 1. The zero-order chi connectivity index (χ0) is 13.5. The Kier molecular flexibility index (Phi) is 6.22. The first-order valence-electron chi connectivity index (χ1n) is 6.55. The largest absolute Gasteiger partial charge is 0.271 e. The third-order valence-corrected chi connectivity index (χ3v) is 3.28. The minimum absolute atomic E-state index is 0.0619. The van der Waals surface area contributed by atoms with E-state index in [1.165, 1.54) is 18.2 Å². The molecule has 4 heteroatoms. The van der Waals surface area contributed by atoms with E-state index in [0.29, 0.717) is 0 Å². The number of rotatable bonds is 7. The number of hydrogen-bond donors (Lipinski definition) is 2. The SMILES string of the molecule is CCCC(CCC)C(NN)c1c(F)cccc1F. The summed E-state index contributed by atoms with van der Waals surface area (Å²) in [5.74, 6) is 4.61. The topological polar surface area (TPSA) is 38.0 Å². The van der Waals surface area contributed by atoms with Gasteiger partial charge in [0.05, 0.1) is 6.04 Å². The molecular formula is C14H22F2N2. The van der Waals surface area contributed by atoms with Gasteiger partial charge in [-0.3, -0.25) is 11.3 Å². The van der Waals surface area contributed by atoms with Crippen LogP contribution in [0.3, 0.4) is 0 Å². The van der Waals surface area contributed by atoms with Crippen LogP contribution in [0.15, 0.2) is 18.2 Å². The average molecular weight is 256 g/mol. The van der Waals surface area contributed by atoms with Crippen LogP contribution in [0, 0.1) is 17.6 Å². The Balaban J connectivity index is 3.06. The quantitative estimate of drug-likeness (QED) is 0.577. The van der Waals surface area contributed by atoms with Gasteiger partial charge in [0.25, 0.3) is 0 Å². The predicted molar refractivity (Wildman–Crippen MR) is 69.7 cm³/mol. The van der Waals surface area contributed by atoms with Crippen molar-refractivity contribution >= 4 is 0 Å². The molecule has 2 nitrogen and oxygen atoms in total.